The molecular weight excluding hydrogens is 270 g/mol. The Balaban J connectivity index is 2.00. The Morgan fingerprint density at radius 2 is 1.90 bits per heavy atom. The largest absolute Gasteiger partial charge is 0.487 e. The molecule has 2 aromatic rings. The van der Waals surface area contributed by atoms with Gasteiger partial charge in [-0.3, -0.25) is 4.98 Å². The monoisotopic (exact) mass is 287 g/mol. The lowest BCUT2D eigenvalue weighted by Crippen LogP contribution is -2.15. The van der Waals surface area contributed by atoms with Gasteiger partial charge in [-0.05, 0) is 29.8 Å². The van der Waals surface area contributed by atoms with E-state index in [2.05, 4.69) is 9.72 Å². The maximum atomic E-state index is 11.6. The van der Waals surface area contributed by atoms with Crippen LogP contribution in [0.3, 0.4) is 0 Å². The first-order chi connectivity index (χ1) is 10.2. The summed E-state index contributed by atoms with van der Waals surface area (Å²) in [6, 6.07) is 12.8. The molecule has 1 heterocycles. The van der Waals surface area contributed by atoms with E-state index in [1.54, 1.807) is 30.5 Å². The molecule has 0 bridgehead atoms. The van der Waals surface area contributed by atoms with E-state index in [4.69, 9.17) is 9.47 Å². The number of carbonyl (C=O) groups is 1. The van der Waals surface area contributed by atoms with Crippen molar-refractivity contribution in [2.45, 2.75) is 12.7 Å². The van der Waals surface area contributed by atoms with Crippen molar-refractivity contribution in [3.63, 3.8) is 0 Å². The predicted octanol–water partition coefficient (Wildman–Crippen LogP) is 2.52. The first-order valence-corrected chi connectivity index (χ1v) is 6.48. The fourth-order valence-electron chi connectivity index (χ4n) is 1.86. The summed E-state index contributed by atoms with van der Waals surface area (Å²) in [6.45, 7) is 0.394. The second-order valence-electron chi connectivity index (χ2n) is 4.32. The van der Waals surface area contributed by atoms with Crippen LogP contribution in [0.2, 0.25) is 0 Å². The Hall–Kier alpha value is -2.40. The highest BCUT2D eigenvalue weighted by molar-refractivity contribution is 5.76. The summed E-state index contributed by atoms with van der Waals surface area (Å²) >= 11 is 0. The Morgan fingerprint density at radius 3 is 2.48 bits per heavy atom. The molecule has 0 radical (unpaired) electrons. The number of esters is 1. The predicted molar refractivity (Wildman–Crippen MR) is 76.8 cm³/mol. The molecule has 0 aliphatic heterocycles. The number of ether oxygens (including phenoxy) is 3. The summed E-state index contributed by atoms with van der Waals surface area (Å²) in [6.07, 6.45) is 1.00. The third-order valence-electron chi connectivity index (χ3n) is 2.95. The van der Waals surface area contributed by atoms with Crippen molar-refractivity contribution >= 4 is 5.97 Å². The minimum atomic E-state index is -0.722. The number of aromatic nitrogens is 1. The van der Waals surface area contributed by atoms with Gasteiger partial charge in [0.15, 0.2) is 6.10 Å². The Morgan fingerprint density at radius 1 is 1.14 bits per heavy atom. The molecule has 1 aromatic carbocycles. The molecular formula is C16H17NO4. The van der Waals surface area contributed by atoms with Gasteiger partial charge in [0.2, 0.25) is 0 Å². The highest BCUT2D eigenvalue weighted by Gasteiger charge is 2.20. The zero-order chi connectivity index (χ0) is 15.1. The maximum absolute atomic E-state index is 11.6. The normalized spacial score (nSPS) is 11.7. The van der Waals surface area contributed by atoms with Crippen molar-refractivity contribution in [2.75, 3.05) is 14.2 Å². The van der Waals surface area contributed by atoms with E-state index in [1.807, 2.05) is 18.2 Å². The van der Waals surface area contributed by atoms with Crippen LogP contribution in [0.1, 0.15) is 17.4 Å². The van der Waals surface area contributed by atoms with E-state index in [9.17, 15) is 4.79 Å². The van der Waals surface area contributed by atoms with Crippen molar-refractivity contribution in [3.8, 4) is 5.75 Å². The Bertz CT molecular complexity index is 569. The zero-order valence-corrected chi connectivity index (χ0v) is 12.0. The lowest BCUT2D eigenvalue weighted by atomic mass is 10.1. The van der Waals surface area contributed by atoms with Crippen molar-refractivity contribution < 1.29 is 19.0 Å². The van der Waals surface area contributed by atoms with E-state index in [1.165, 1.54) is 14.2 Å². The smallest absolute Gasteiger partial charge is 0.339 e. The van der Waals surface area contributed by atoms with Crippen LogP contribution in [0, 0.1) is 0 Å². The summed E-state index contributed by atoms with van der Waals surface area (Å²) < 4.78 is 15.5. The van der Waals surface area contributed by atoms with Gasteiger partial charge >= 0.3 is 5.97 Å². The summed E-state index contributed by atoms with van der Waals surface area (Å²) in [7, 11) is 2.80. The van der Waals surface area contributed by atoms with Gasteiger partial charge in [-0.25, -0.2) is 4.79 Å². The molecule has 0 amide bonds. The maximum Gasteiger partial charge on any atom is 0.339 e. The van der Waals surface area contributed by atoms with Gasteiger partial charge in [0, 0.05) is 13.3 Å². The number of carbonyl (C=O) groups excluding carboxylic acids is 1. The second kappa shape index (κ2) is 7.40. The van der Waals surface area contributed by atoms with Gasteiger partial charge in [0.05, 0.1) is 12.8 Å². The molecule has 1 aromatic heterocycles. The zero-order valence-electron chi connectivity index (χ0n) is 12.0. The van der Waals surface area contributed by atoms with Crippen molar-refractivity contribution in [1.29, 1.82) is 0 Å². The molecule has 1 atom stereocenters. The summed E-state index contributed by atoms with van der Waals surface area (Å²) in [4.78, 5) is 15.7. The first kappa shape index (κ1) is 15.0. The van der Waals surface area contributed by atoms with E-state index in [-0.39, 0.29) is 0 Å². The average molecular weight is 287 g/mol. The number of benzene rings is 1. The molecule has 110 valence electrons. The van der Waals surface area contributed by atoms with Crippen LogP contribution in [0.5, 0.6) is 5.75 Å². The van der Waals surface area contributed by atoms with Crippen molar-refractivity contribution in [2.24, 2.45) is 0 Å². The number of nitrogens with zero attached hydrogens (tertiary/aromatic N) is 1. The Kier molecular flexibility index (Phi) is 5.29. The van der Waals surface area contributed by atoms with Crippen molar-refractivity contribution in [1.82, 2.24) is 4.98 Å². The lowest BCUT2D eigenvalue weighted by Gasteiger charge is -2.13. The fourth-order valence-corrected chi connectivity index (χ4v) is 1.86. The summed E-state index contributed by atoms with van der Waals surface area (Å²) in [5.41, 5.74) is 1.57. The van der Waals surface area contributed by atoms with E-state index in [0.29, 0.717) is 12.4 Å². The standard InChI is InChI=1S/C16H17NO4/c1-19-15(16(18)20-2)12-6-8-14(9-7-12)21-11-13-5-3-4-10-17-13/h3-10,15H,11H2,1-2H3. The van der Waals surface area contributed by atoms with E-state index in [0.717, 1.165) is 11.3 Å². The molecule has 0 N–H and O–H groups in total. The number of pyridine rings is 1. The van der Waals surface area contributed by atoms with Gasteiger partial charge in [0.25, 0.3) is 0 Å². The minimum Gasteiger partial charge on any atom is -0.487 e. The topological polar surface area (TPSA) is 57.7 Å². The third-order valence-corrected chi connectivity index (χ3v) is 2.95. The van der Waals surface area contributed by atoms with Gasteiger partial charge in [-0.1, -0.05) is 18.2 Å². The number of methoxy groups -OCH3 is 2. The second-order valence-corrected chi connectivity index (χ2v) is 4.32. The van der Waals surface area contributed by atoms with Crippen LogP contribution < -0.4 is 4.74 Å². The number of hydrogen-bond donors (Lipinski definition) is 0. The fraction of sp³-hybridized carbons (Fsp3) is 0.250. The third kappa shape index (κ3) is 4.03. The van der Waals surface area contributed by atoms with Crippen LogP contribution in [-0.4, -0.2) is 25.2 Å². The first-order valence-electron chi connectivity index (χ1n) is 6.48. The highest BCUT2D eigenvalue weighted by atomic mass is 16.6. The lowest BCUT2D eigenvalue weighted by molar-refractivity contribution is -0.152. The van der Waals surface area contributed by atoms with Gasteiger partial charge in [0.1, 0.15) is 12.4 Å². The minimum absolute atomic E-state index is 0.394. The molecule has 0 saturated heterocycles. The molecule has 0 aliphatic carbocycles. The quantitative estimate of drug-likeness (QED) is 0.764. The molecule has 0 spiro atoms. The van der Waals surface area contributed by atoms with Crippen LogP contribution in [0.25, 0.3) is 0 Å². The number of rotatable bonds is 6. The van der Waals surface area contributed by atoms with Gasteiger partial charge in [-0.2, -0.15) is 0 Å². The highest BCUT2D eigenvalue weighted by Crippen LogP contribution is 2.21. The van der Waals surface area contributed by atoms with E-state index < -0.39 is 12.1 Å². The molecule has 0 saturated carbocycles. The molecule has 2 rings (SSSR count). The van der Waals surface area contributed by atoms with Crippen LogP contribution in [-0.2, 0) is 20.9 Å². The molecule has 5 heteroatoms. The molecule has 0 fully saturated rings. The van der Waals surface area contributed by atoms with Gasteiger partial charge in [-0.15, -0.1) is 0 Å². The Labute approximate surface area is 123 Å². The van der Waals surface area contributed by atoms with Crippen molar-refractivity contribution in [3.05, 3.63) is 59.9 Å². The summed E-state index contributed by atoms with van der Waals surface area (Å²) in [5, 5.41) is 0. The number of hydrogen-bond acceptors (Lipinski definition) is 5. The average Bonchev–Trinajstić information content (AvgIpc) is 2.55. The van der Waals surface area contributed by atoms with E-state index >= 15 is 0 Å². The molecule has 21 heavy (non-hydrogen) atoms. The van der Waals surface area contributed by atoms with Gasteiger partial charge < -0.3 is 14.2 Å². The SMILES string of the molecule is COC(=O)C(OC)c1ccc(OCc2ccccn2)cc1. The molecule has 1 unspecified atom stereocenters. The van der Waals surface area contributed by atoms with Crippen LogP contribution in [0.4, 0.5) is 0 Å². The molecule has 0 aliphatic rings. The molecule has 5 nitrogen and oxygen atoms in total. The van der Waals surface area contributed by atoms with Crippen LogP contribution >= 0.6 is 0 Å². The van der Waals surface area contributed by atoms with Crippen LogP contribution in [0.15, 0.2) is 48.7 Å². The summed E-state index contributed by atoms with van der Waals surface area (Å²) in [5.74, 6) is 0.267.